The van der Waals surface area contributed by atoms with Crippen molar-refractivity contribution in [1.82, 2.24) is 0 Å². The smallest absolute Gasteiger partial charge is 0.0100 e. The van der Waals surface area contributed by atoms with Crippen LogP contribution >= 0.6 is 15.9 Å². The van der Waals surface area contributed by atoms with Gasteiger partial charge in [0, 0.05) is 5.33 Å². The maximum atomic E-state index is 3.57. The standard InChI is InChI=1S/C12H17Br/c1-3-4-12(9-13)11-7-5-10(2)6-8-11/h5-8,12H,3-4,9H2,1-2H3. The van der Waals surface area contributed by atoms with Gasteiger partial charge in [0.25, 0.3) is 0 Å². The summed E-state index contributed by atoms with van der Waals surface area (Å²) in [7, 11) is 0. The van der Waals surface area contributed by atoms with Gasteiger partial charge in [0.2, 0.25) is 0 Å². The molecule has 72 valence electrons. The third kappa shape index (κ3) is 3.15. The molecule has 0 aliphatic heterocycles. The van der Waals surface area contributed by atoms with Gasteiger partial charge in [-0.25, -0.2) is 0 Å². The van der Waals surface area contributed by atoms with Crippen LogP contribution in [0.5, 0.6) is 0 Å². The average Bonchev–Trinajstić information content (AvgIpc) is 2.16. The van der Waals surface area contributed by atoms with Crippen molar-refractivity contribution in [1.29, 1.82) is 0 Å². The number of halogens is 1. The van der Waals surface area contributed by atoms with Crippen LogP contribution in [-0.2, 0) is 0 Å². The lowest BCUT2D eigenvalue weighted by Crippen LogP contribution is -1.99. The molecule has 13 heavy (non-hydrogen) atoms. The summed E-state index contributed by atoms with van der Waals surface area (Å²) in [6.45, 7) is 4.37. The molecule has 1 unspecified atom stereocenters. The van der Waals surface area contributed by atoms with E-state index in [-0.39, 0.29) is 0 Å². The Labute approximate surface area is 89.5 Å². The molecule has 1 rings (SSSR count). The van der Waals surface area contributed by atoms with Crippen molar-refractivity contribution in [3.05, 3.63) is 35.4 Å². The zero-order valence-electron chi connectivity index (χ0n) is 8.39. The minimum absolute atomic E-state index is 0.686. The molecule has 0 spiro atoms. The predicted molar refractivity (Wildman–Crippen MR) is 62.6 cm³/mol. The molecule has 0 N–H and O–H groups in total. The second kappa shape index (κ2) is 5.43. The number of alkyl halides is 1. The highest BCUT2D eigenvalue weighted by Gasteiger charge is 2.07. The number of aryl methyl sites for hydroxylation is 1. The third-order valence-electron chi connectivity index (χ3n) is 2.37. The molecule has 0 bridgehead atoms. The molecule has 1 aromatic carbocycles. The number of hydrogen-bond donors (Lipinski definition) is 0. The van der Waals surface area contributed by atoms with E-state index < -0.39 is 0 Å². The van der Waals surface area contributed by atoms with Gasteiger partial charge < -0.3 is 0 Å². The van der Waals surface area contributed by atoms with Gasteiger partial charge in [0.15, 0.2) is 0 Å². The van der Waals surface area contributed by atoms with Crippen molar-refractivity contribution < 1.29 is 0 Å². The fourth-order valence-electron chi connectivity index (χ4n) is 1.52. The molecule has 0 aliphatic rings. The normalized spacial score (nSPS) is 12.8. The van der Waals surface area contributed by atoms with E-state index in [4.69, 9.17) is 0 Å². The van der Waals surface area contributed by atoms with Crippen LogP contribution in [-0.4, -0.2) is 5.33 Å². The highest BCUT2D eigenvalue weighted by Crippen LogP contribution is 2.23. The fraction of sp³-hybridized carbons (Fsp3) is 0.500. The van der Waals surface area contributed by atoms with E-state index in [0.717, 1.165) is 5.33 Å². The van der Waals surface area contributed by atoms with Crippen LogP contribution in [0.25, 0.3) is 0 Å². The van der Waals surface area contributed by atoms with Gasteiger partial charge in [-0.15, -0.1) is 0 Å². The zero-order chi connectivity index (χ0) is 9.68. The molecule has 0 nitrogen and oxygen atoms in total. The molecule has 0 saturated carbocycles. The predicted octanol–water partition coefficient (Wildman–Crippen LogP) is 4.27. The van der Waals surface area contributed by atoms with Crippen LogP contribution in [0.3, 0.4) is 0 Å². The zero-order valence-corrected chi connectivity index (χ0v) is 9.97. The van der Waals surface area contributed by atoms with E-state index in [1.807, 2.05) is 0 Å². The van der Waals surface area contributed by atoms with Gasteiger partial charge >= 0.3 is 0 Å². The molecular formula is C12H17Br. The highest BCUT2D eigenvalue weighted by molar-refractivity contribution is 9.09. The summed E-state index contributed by atoms with van der Waals surface area (Å²) < 4.78 is 0. The maximum Gasteiger partial charge on any atom is 0.0100 e. The summed E-state index contributed by atoms with van der Waals surface area (Å²) in [4.78, 5) is 0. The minimum atomic E-state index is 0.686. The molecule has 1 aromatic rings. The maximum absolute atomic E-state index is 3.57. The summed E-state index contributed by atoms with van der Waals surface area (Å²) in [5.74, 6) is 0.686. The van der Waals surface area contributed by atoms with Gasteiger partial charge in [-0.1, -0.05) is 59.1 Å². The molecule has 0 aromatic heterocycles. The van der Waals surface area contributed by atoms with Crippen molar-refractivity contribution in [2.75, 3.05) is 5.33 Å². The summed E-state index contributed by atoms with van der Waals surface area (Å²) in [6.07, 6.45) is 2.53. The van der Waals surface area contributed by atoms with Crippen molar-refractivity contribution in [3.63, 3.8) is 0 Å². The monoisotopic (exact) mass is 240 g/mol. The van der Waals surface area contributed by atoms with Crippen molar-refractivity contribution in [2.45, 2.75) is 32.6 Å². The Morgan fingerprint density at radius 1 is 1.23 bits per heavy atom. The molecule has 0 fully saturated rings. The quantitative estimate of drug-likeness (QED) is 0.690. The van der Waals surface area contributed by atoms with Crippen molar-refractivity contribution >= 4 is 15.9 Å². The van der Waals surface area contributed by atoms with Gasteiger partial charge in [0.1, 0.15) is 0 Å². The lowest BCUT2D eigenvalue weighted by atomic mass is 9.96. The summed E-state index contributed by atoms with van der Waals surface area (Å²) in [6, 6.07) is 8.88. The second-order valence-electron chi connectivity index (χ2n) is 3.55. The van der Waals surface area contributed by atoms with Crippen LogP contribution in [0.2, 0.25) is 0 Å². The Bertz CT molecular complexity index is 238. The van der Waals surface area contributed by atoms with Crippen LogP contribution in [0, 0.1) is 6.92 Å². The van der Waals surface area contributed by atoms with Gasteiger partial charge in [-0.05, 0) is 24.8 Å². The molecule has 0 aliphatic carbocycles. The third-order valence-corrected chi connectivity index (χ3v) is 3.15. The van der Waals surface area contributed by atoms with Crippen LogP contribution in [0.15, 0.2) is 24.3 Å². The molecule has 1 atom stereocenters. The molecule has 0 amide bonds. The van der Waals surface area contributed by atoms with Crippen LogP contribution in [0.1, 0.15) is 36.8 Å². The first kappa shape index (κ1) is 10.8. The minimum Gasteiger partial charge on any atom is -0.0921 e. The van der Waals surface area contributed by atoms with E-state index in [2.05, 4.69) is 54.0 Å². The molecule has 0 radical (unpaired) electrons. The lowest BCUT2D eigenvalue weighted by molar-refractivity contribution is 0.676. The Balaban J connectivity index is 2.73. The van der Waals surface area contributed by atoms with E-state index in [1.54, 1.807) is 0 Å². The molecule has 0 heterocycles. The van der Waals surface area contributed by atoms with E-state index in [1.165, 1.54) is 24.0 Å². The van der Waals surface area contributed by atoms with E-state index in [9.17, 15) is 0 Å². The fourth-order valence-corrected chi connectivity index (χ4v) is 2.22. The number of rotatable bonds is 4. The Morgan fingerprint density at radius 2 is 1.85 bits per heavy atom. The Hall–Kier alpha value is -0.300. The summed E-state index contributed by atoms with van der Waals surface area (Å²) in [5.41, 5.74) is 2.80. The molecule has 0 saturated heterocycles. The topological polar surface area (TPSA) is 0 Å². The summed E-state index contributed by atoms with van der Waals surface area (Å²) in [5, 5.41) is 1.07. The van der Waals surface area contributed by atoms with Crippen LogP contribution < -0.4 is 0 Å². The average molecular weight is 241 g/mol. The number of hydrogen-bond acceptors (Lipinski definition) is 0. The SMILES string of the molecule is CCCC(CBr)c1ccc(C)cc1. The Morgan fingerprint density at radius 3 is 2.31 bits per heavy atom. The highest BCUT2D eigenvalue weighted by atomic mass is 79.9. The van der Waals surface area contributed by atoms with Gasteiger partial charge in [0.05, 0.1) is 0 Å². The van der Waals surface area contributed by atoms with Gasteiger partial charge in [-0.3, -0.25) is 0 Å². The second-order valence-corrected chi connectivity index (χ2v) is 4.20. The largest absolute Gasteiger partial charge is 0.0921 e. The Kier molecular flexibility index (Phi) is 4.51. The van der Waals surface area contributed by atoms with Crippen molar-refractivity contribution in [3.8, 4) is 0 Å². The first-order valence-electron chi connectivity index (χ1n) is 4.90. The first-order chi connectivity index (χ1) is 6.27. The van der Waals surface area contributed by atoms with Crippen molar-refractivity contribution in [2.24, 2.45) is 0 Å². The van der Waals surface area contributed by atoms with E-state index in [0.29, 0.717) is 5.92 Å². The summed E-state index contributed by atoms with van der Waals surface area (Å²) >= 11 is 3.57. The van der Waals surface area contributed by atoms with Crippen LogP contribution in [0.4, 0.5) is 0 Å². The molecule has 1 heteroatoms. The lowest BCUT2D eigenvalue weighted by Gasteiger charge is -2.13. The first-order valence-corrected chi connectivity index (χ1v) is 6.02. The number of benzene rings is 1. The van der Waals surface area contributed by atoms with Gasteiger partial charge in [-0.2, -0.15) is 0 Å². The molecular weight excluding hydrogens is 224 g/mol. The van der Waals surface area contributed by atoms with E-state index >= 15 is 0 Å².